The molecule has 0 saturated heterocycles. The molecule has 0 fully saturated rings. The lowest BCUT2D eigenvalue weighted by Crippen LogP contribution is -2.17. The van der Waals surface area contributed by atoms with Crippen molar-refractivity contribution in [3.63, 3.8) is 0 Å². The molecule has 1 aromatic heterocycles. The second-order valence-corrected chi connectivity index (χ2v) is 3.66. The molecule has 0 aliphatic carbocycles. The largest absolute Gasteiger partial charge is 0.573 e. The van der Waals surface area contributed by atoms with Crippen molar-refractivity contribution in [2.45, 2.75) is 6.36 Å². The molecule has 100 valence electrons. The van der Waals surface area contributed by atoms with Crippen LogP contribution in [-0.4, -0.2) is 11.3 Å². The van der Waals surface area contributed by atoms with Crippen molar-refractivity contribution in [2.24, 2.45) is 0 Å². The van der Waals surface area contributed by atoms with E-state index in [1.54, 1.807) is 0 Å². The van der Waals surface area contributed by atoms with Crippen LogP contribution in [0.1, 0.15) is 0 Å². The van der Waals surface area contributed by atoms with Gasteiger partial charge in [-0.25, -0.2) is 0 Å². The zero-order chi connectivity index (χ0) is 14.0. The van der Waals surface area contributed by atoms with Crippen molar-refractivity contribution in [3.05, 3.63) is 52.7 Å². The van der Waals surface area contributed by atoms with E-state index in [0.29, 0.717) is 0 Å². The summed E-state index contributed by atoms with van der Waals surface area (Å²) in [6.45, 7) is 0. The van der Waals surface area contributed by atoms with E-state index in [1.165, 1.54) is 12.1 Å². The number of pyridine rings is 1. The van der Waals surface area contributed by atoms with Crippen molar-refractivity contribution in [3.8, 4) is 16.9 Å². The highest BCUT2D eigenvalue weighted by molar-refractivity contribution is 5.64. The average molecular weight is 273 g/mol. The molecule has 0 atom stereocenters. The SMILES string of the molecule is O=c1cc(-c2cccc(OC(F)(F)F)c2)cc(F)[nH]1. The summed E-state index contributed by atoms with van der Waals surface area (Å²) in [6.07, 6.45) is -4.81. The molecule has 2 rings (SSSR count). The van der Waals surface area contributed by atoms with Crippen LogP contribution in [0.25, 0.3) is 11.1 Å². The maximum atomic E-state index is 13.0. The first-order valence-corrected chi connectivity index (χ1v) is 5.09. The number of rotatable bonds is 2. The Balaban J connectivity index is 2.40. The van der Waals surface area contributed by atoms with Crippen molar-refractivity contribution >= 4 is 0 Å². The molecule has 3 nitrogen and oxygen atoms in total. The lowest BCUT2D eigenvalue weighted by molar-refractivity contribution is -0.274. The van der Waals surface area contributed by atoms with Gasteiger partial charge in [-0.05, 0) is 29.3 Å². The Morgan fingerprint density at radius 1 is 1.05 bits per heavy atom. The summed E-state index contributed by atoms with van der Waals surface area (Å²) < 4.78 is 53.0. The standard InChI is InChI=1S/C12H7F4NO2/c13-10-5-8(6-11(18)17-10)7-2-1-3-9(4-7)19-12(14,15)16/h1-6H,(H,17,18). The summed E-state index contributed by atoms with van der Waals surface area (Å²) in [5, 5.41) is 0. The van der Waals surface area contributed by atoms with Crippen molar-refractivity contribution < 1.29 is 22.3 Å². The molecule has 19 heavy (non-hydrogen) atoms. The summed E-state index contributed by atoms with van der Waals surface area (Å²) in [7, 11) is 0. The molecule has 0 saturated carbocycles. The lowest BCUT2D eigenvalue weighted by atomic mass is 10.1. The van der Waals surface area contributed by atoms with Crippen LogP contribution in [0.4, 0.5) is 17.6 Å². The van der Waals surface area contributed by atoms with Gasteiger partial charge < -0.3 is 4.74 Å². The third-order valence-corrected chi connectivity index (χ3v) is 2.21. The predicted molar refractivity (Wildman–Crippen MR) is 59.1 cm³/mol. The van der Waals surface area contributed by atoms with Crippen molar-refractivity contribution in [1.82, 2.24) is 4.98 Å². The highest BCUT2D eigenvalue weighted by atomic mass is 19.4. The van der Waals surface area contributed by atoms with Gasteiger partial charge in [-0.15, -0.1) is 13.2 Å². The fourth-order valence-electron chi connectivity index (χ4n) is 1.55. The summed E-state index contributed by atoms with van der Waals surface area (Å²) in [5.74, 6) is -1.31. The Hall–Kier alpha value is -2.31. The second-order valence-electron chi connectivity index (χ2n) is 3.66. The normalized spacial score (nSPS) is 11.4. The van der Waals surface area contributed by atoms with Gasteiger partial charge in [-0.1, -0.05) is 12.1 Å². The third kappa shape index (κ3) is 3.57. The maximum absolute atomic E-state index is 13.0. The number of alkyl halides is 3. The molecule has 0 aliphatic rings. The molecule has 0 unspecified atom stereocenters. The van der Waals surface area contributed by atoms with E-state index in [-0.39, 0.29) is 11.1 Å². The third-order valence-electron chi connectivity index (χ3n) is 2.21. The number of ether oxygens (including phenoxy) is 1. The molecular weight excluding hydrogens is 266 g/mol. The Kier molecular flexibility index (Phi) is 3.28. The van der Waals surface area contributed by atoms with Crippen LogP contribution >= 0.6 is 0 Å². The first-order valence-electron chi connectivity index (χ1n) is 5.09. The van der Waals surface area contributed by atoms with E-state index in [0.717, 1.165) is 24.3 Å². The molecule has 0 radical (unpaired) electrons. The monoisotopic (exact) mass is 273 g/mol. The van der Waals surface area contributed by atoms with Gasteiger partial charge in [-0.2, -0.15) is 4.39 Å². The quantitative estimate of drug-likeness (QED) is 0.675. The molecule has 7 heteroatoms. The lowest BCUT2D eigenvalue weighted by Gasteiger charge is -2.10. The molecule has 0 spiro atoms. The highest BCUT2D eigenvalue weighted by Crippen LogP contribution is 2.27. The summed E-state index contributed by atoms with van der Waals surface area (Å²) >= 11 is 0. The molecule has 0 amide bonds. The Morgan fingerprint density at radius 3 is 2.42 bits per heavy atom. The van der Waals surface area contributed by atoms with Crippen LogP contribution in [-0.2, 0) is 0 Å². The van der Waals surface area contributed by atoms with E-state index in [1.807, 2.05) is 4.98 Å². The second kappa shape index (κ2) is 4.75. The van der Waals surface area contributed by atoms with Crippen LogP contribution < -0.4 is 10.3 Å². The summed E-state index contributed by atoms with van der Waals surface area (Å²) in [4.78, 5) is 13.0. The topological polar surface area (TPSA) is 42.1 Å². The number of hydrogen-bond acceptors (Lipinski definition) is 2. The number of H-pyrrole nitrogens is 1. The van der Waals surface area contributed by atoms with Gasteiger partial charge in [0.1, 0.15) is 5.75 Å². The van der Waals surface area contributed by atoms with Gasteiger partial charge in [0.25, 0.3) is 5.56 Å². The number of benzene rings is 1. The minimum absolute atomic E-state index is 0.161. The molecule has 2 aromatic rings. The van der Waals surface area contributed by atoms with Gasteiger partial charge in [0.15, 0.2) is 5.95 Å². The molecule has 1 heterocycles. The van der Waals surface area contributed by atoms with Crippen molar-refractivity contribution in [2.75, 3.05) is 0 Å². The van der Waals surface area contributed by atoms with E-state index in [2.05, 4.69) is 4.74 Å². The Bertz CT molecular complexity index is 649. The van der Waals surface area contributed by atoms with E-state index >= 15 is 0 Å². The molecular formula is C12H7F4NO2. The highest BCUT2D eigenvalue weighted by Gasteiger charge is 2.31. The average Bonchev–Trinajstić information content (AvgIpc) is 2.25. The van der Waals surface area contributed by atoms with E-state index in [4.69, 9.17) is 0 Å². The smallest absolute Gasteiger partial charge is 0.406 e. The fraction of sp³-hybridized carbons (Fsp3) is 0.0833. The van der Waals surface area contributed by atoms with E-state index < -0.39 is 23.6 Å². The molecule has 1 aromatic carbocycles. The number of aromatic nitrogens is 1. The Morgan fingerprint density at radius 2 is 1.79 bits per heavy atom. The Labute approximate surface area is 104 Å². The number of nitrogens with one attached hydrogen (secondary N) is 1. The fourth-order valence-corrected chi connectivity index (χ4v) is 1.55. The molecule has 0 bridgehead atoms. The first-order chi connectivity index (χ1) is 8.83. The number of halogens is 4. The van der Waals surface area contributed by atoms with Gasteiger partial charge >= 0.3 is 6.36 Å². The summed E-state index contributed by atoms with van der Waals surface area (Å²) in [5.41, 5.74) is -0.280. The van der Waals surface area contributed by atoms with Gasteiger partial charge in [0.05, 0.1) is 0 Å². The first kappa shape index (κ1) is 13.1. The van der Waals surface area contributed by atoms with Crippen LogP contribution in [0.2, 0.25) is 0 Å². The zero-order valence-corrected chi connectivity index (χ0v) is 9.29. The predicted octanol–water partition coefficient (Wildman–Crippen LogP) is 3.08. The van der Waals surface area contributed by atoms with E-state index in [9.17, 15) is 22.4 Å². The summed E-state index contributed by atoms with van der Waals surface area (Å²) in [6, 6.07) is 7.03. The zero-order valence-electron chi connectivity index (χ0n) is 9.29. The van der Waals surface area contributed by atoms with Crippen LogP contribution in [0.5, 0.6) is 5.75 Å². The number of aromatic amines is 1. The molecule has 0 aliphatic heterocycles. The van der Waals surface area contributed by atoms with Gasteiger partial charge in [0, 0.05) is 6.07 Å². The minimum atomic E-state index is -4.81. The minimum Gasteiger partial charge on any atom is -0.406 e. The molecule has 1 N–H and O–H groups in total. The van der Waals surface area contributed by atoms with Crippen LogP contribution in [0.3, 0.4) is 0 Å². The van der Waals surface area contributed by atoms with Crippen LogP contribution in [0, 0.1) is 5.95 Å². The van der Waals surface area contributed by atoms with Gasteiger partial charge in [0.2, 0.25) is 0 Å². The van der Waals surface area contributed by atoms with Crippen LogP contribution in [0.15, 0.2) is 41.2 Å². The van der Waals surface area contributed by atoms with Gasteiger partial charge in [-0.3, -0.25) is 9.78 Å². The maximum Gasteiger partial charge on any atom is 0.573 e. The number of hydrogen-bond donors (Lipinski definition) is 1. The van der Waals surface area contributed by atoms with Crippen molar-refractivity contribution in [1.29, 1.82) is 0 Å².